The van der Waals surface area contributed by atoms with E-state index in [1.165, 1.54) is 13.8 Å². The van der Waals surface area contributed by atoms with E-state index in [0.29, 0.717) is 31.4 Å². The number of furan rings is 1. The summed E-state index contributed by atoms with van der Waals surface area (Å²) in [7, 11) is 1.65. The molecule has 2 aliphatic heterocycles. The zero-order valence-corrected chi connectivity index (χ0v) is 28.4. The van der Waals surface area contributed by atoms with Crippen molar-refractivity contribution in [3.05, 3.63) is 47.0 Å². The number of hydrogen-bond donors (Lipinski definition) is 0. The fourth-order valence-electron chi connectivity index (χ4n) is 10.4. The average Bonchev–Trinajstić information content (AvgIpc) is 3.71. The Kier molecular flexibility index (Phi) is 8.34. The summed E-state index contributed by atoms with van der Waals surface area (Å²) in [5.74, 6) is -1.75. The van der Waals surface area contributed by atoms with Gasteiger partial charge in [-0.2, -0.15) is 0 Å². The van der Waals surface area contributed by atoms with Crippen molar-refractivity contribution in [2.75, 3.05) is 13.7 Å². The van der Waals surface area contributed by atoms with Gasteiger partial charge in [0.05, 0.1) is 31.3 Å². The van der Waals surface area contributed by atoms with Gasteiger partial charge in [-0.1, -0.05) is 32.4 Å². The zero-order chi connectivity index (χ0) is 33.3. The smallest absolute Gasteiger partial charge is 0.333 e. The quantitative estimate of drug-likeness (QED) is 0.167. The van der Waals surface area contributed by atoms with Gasteiger partial charge in [-0.25, -0.2) is 4.79 Å². The van der Waals surface area contributed by atoms with Gasteiger partial charge >= 0.3 is 17.9 Å². The minimum atomic E-state index is -0.808. The van der Waals surface area contributed by atoms with Crippen molar-refractivity contribution in [3.8, 4) is 0 Å². The number of carbonyl (C=O) groups is 3. The van der Waals surface area contributed by atoms with Crippen LogP contribution in [0.25, 0.3) is 0 Å². The third-order valence-corrected chi connectivity index (χ3v) is 12.4. The number of allylic oxidation sites excluding steroid dienone is 2. The summed E-state index contributed by atoms with van der Waals surface area (Å²) in [6.07, 6.45) is 3.32. The molecule has 2 saturated heterocycles. The van der Waals surface area contributed by atoms with Gasteiger partial charge in [0.15, 0.2) is 6.29 Å². The summed E-state index contributed by atoms with van der Waals surface area (Å²) in [6.45, 7) is 15.2. The summed E-state index contributed by atoms with van der Waals surface area (Å²) < 4.78 is 43.9. The normalized spacial score (nSPS) is 43.2. The second-order valence-electron chi connectivity index (χ2n) is 14.7. The molecule has 3 aliphatic carbocycles. The molecule has 4 fully saturated rings. The Bertz CT molecular complexity index is 1440. The number of hydrogen-bond acceptors (Lipinski definition) is 10. The maximum Gasteiger partial charge on any atom is 0.333 e. The number of ether oxygens (including phenoxy) is 6. The Morgan fingerprint density at radius 3 is 2.28 bits per heavy atom. The van der Waals surface area contributed by atoms with Crippen LogP contribution >= 0.6 is 0 Å². The molecule has 6 rings (SSSR count). The summed E-state index contributed by atoms with van der Waals surface area (Å²) in [5.41, 5.74) is 1.60. The SMILES string of the molecule is C/C=C(\C)C(=O)O[C@@H]1[C@@H]2OC[C@]3(C)[C@H](OC(C)=O)C[C@H](OC(C)=O)[C@@](C)([C@@H]23)[C@H]2CC(OC)O[C@H]3C[C@@H](c4ccoc4)C(C)=C3[C@]12C. The molecule has 5 aliphatic rings. The van der Waals surface area contributed by atoms with Crippen LogP contribution in [0.2, 0.25) is 0 Å². The largest absolute Gasteiger partial charge is 0.472 e. The maximum atomic E-state index is 13.7. The van der Waals surface area contributed by atoms with Crippen LogP contribution in [0.1, 0.15) is 86.1 Å². The molecule has 0 bridgehead atoms. The van der Waals surface area contributed by atoms with Crippen molar-refractivity contribution in [2.24, 2.45) is 28.1 Å². The van der Waals surface area contributed by atoms with Gasteiger partial charge in [-0.3, -0.25) is 9.59 Å². The summed E-state index contributed by atoms with van der Waals surface area (Å²) in [6, 6.07) is 1.98. The first-order valence-electron chi connectivity index (χ1n) is 16.4. The first-order valence-corrected chi connectivity index (χ1v) is 16.4. The molecule has 252 valence electrons. The highest BCUT2D eigenvalue weighted by molar-refractivity contribution is 5.87. The van der Waals surface area contributed by atoms with E-state index in [4.69, 9.17) is 32.8 Å². The molecule has 0 spiro atoms. The Balaban J connectivity index is 1.62. The Hall–Kier alpha value is -2.95. The van der Waals surface area contributed by atoms with E-state index in [-0.39, 0.29) is 23.9 Å². The van der Waals surface area contributed by atoms with Crippen molar-refractivity contribution in [1.82, 2.24) is 0 Å². The lowest BCUT2D eigenvalue weighted by Crippen LogP contribution is -2.72. The van der Waals surface area contributed by atoms with Crippen LogP contribution in [-0.2, 0) is 42.8 Å². The van der Waals surface area contributed by atoms with Crippen LogP contribution < -0.4 is 0 Å². The molecule has 0 aromatic carbocycles. The molecule has 0 amide bonds. The van der Waals surface area contributed by atoms with Gasteiger partial charge in [-0.15, -0.1) is 0 Å². The summed E-state index contributed by atoms with van der Waals surface area (Å²) in [4.78, 5) is 38.9. The lowest BCUT2D eigenvalue weighted by molar-refractivity contribution is -0.262. The van der Waals surface area contributed by atoms with Crippen molar-refractivity contribution in [3.63, 3.8) is 0 Å². The monoisotopic (exact) mass is 640 g/mol. The fourth-order valence-corrected chi connectivity index (χ4v) is 10.4. The van der Waals surface area contributed by atoms with E-state index in [2.05, 4.69) is 27.7 Å². The van der Waals surface area contributed by atoms with E-state index >= 15 is 0 Å². The van der Waals surface area contributed by atoms with Crippen molar-refractivity contribution in [2.45, 2.75) is 117 Å². The zero-order valence-electron chi connectivity index (χ0n) is 28.4. The predicted molar refractivity (Wildman–Crippen MR) is 165 cm³/mol. The highest BCUT2D eigenvalue weighted by Gasteiger charge is 2.77. The van der Waals surface area contributed by atoms with Crippen LogP contribution in [0, 0.1) is 28.1 Å². The molecular weight excluding hydrogens is 592 g/mol. The number of fused-ring (bicyclic) bond motifs is 4. The number of rotatable bonds is 6. The van der Waals surface area contributed by atoms with Crippen molar-refractivity contribution < 1.29 is 47.2 Å². The number of carbonyl (C=O) groups excluding carboxylic acids is 3. The van der Waals surface area contributed by atoms with Crippen LogP contribution in [0.15, 0.2) is 45.8 Å². The number of esters is 3. The molecule has 0 N–H and O–H groups in total. The predicted octanol–water partition coefficient (Wildman–Crippen LogP) is 5.65. The third-order valence-electron chi connectivity index (χ3n) is 12.4. The molecule has 12 atom stereocenters. The van der Waals surface area contributed by atoms with Gasteiger partial charge < -0.3 is 32.8 Å². The van der Waals surface area contributed by atoms with E-state index in [9.17, 15) is 14.4 Å². The average molecular weight is 641 g/mol. The van der Waals surface area contributed by atoms with E-state index < -0.39 is 64.9 Å². The molecule has 1 aromatic rings. The fraction of sp³-hybridized carbons (Fsp3) is 0.694. The maximum absolute atomic E-state index is 13.7. The van der Waals surface area contributed by atoms with E-state index in [0.717, 1.165) is 16.7 Å². The summed E-state index contributed by atoms with van der Waals surface area (Å²) in [5, 5.41) is 0. The van der Waals surface area contributed by atoms with Crippen LogP contribution in [0.3, 0.4) is 0 Å². The Morgan fingerprint density at radius 2 is 1.67 bits per heavy atom. The molecule has 1 aromatic heterocycles. The molecule has 10 heteroatoms. The van der Waals surface area contributed by atoms with Crippen LogP contribution in [-0.4, -0.2) is 68.4 Å². The molecule has 2 saturated carbocycles. The standard InChI is InChI=1S/C36H48O10/c1-10-18(2)33(39)46-32-30-31-34(6,17-42-30)26(43-20(4)37)15-27(44-21(5)38)35(31,7)25-14-28(40-9)45-24-13-23(22-11-12-41-16-22)19(3)29(24)36(25,32)8/h10-12,16,23-28,30-32H,13-15,17H2,1-9H3/b18-10+/t23-,24+,25-,26-,27+,28?,30-,31+,32-,34-,35+,36-/m1/s1. The van der Waals surface area contributed by atoms with Gasteiger partial charge in [0.25, 0.3) is 0 Å². The van der Waals surface area contributed by atoms with Crippen molar-refractivity contribution >= 4 is 17.9 Å². The first kappa shape index (κ1) is 33.0. The van der Waals surface area contributed by atoms with Crippen molar-refractivity contribution in [1.29, 1.82) is 0 Å². The molecule has 10 nitrogen and oxygen atoms in total. The van der Waals surface area contributed by atoms with E-state index in [1.807, 2.05) is 13.0 Å². The van der Waals surface area contributed by atoms with Crippen LogP contribution in [0.4, 0.5) is 0 Å². The highest BCUT2D eigenvalue weighted by Crippen LogP contribution is 2.73. The topological polar surface area (TPSA) is 120 Å². The van der Waals surface area contributed by atoms with Gasteiger partial charge in [0, 0.05) is 67.5 Å². The van der Waals surface area contributed by atoms with Gasteiger partial charge in [-0.05, 0) is 50.3 Å². The second kappa shape index (κ2) is 11.6. The first-order chi connectivity index (χ1) is 21.7. The second-order valence-corrected chi connectivity index (χ2v) is 14.7. The highest BCUT2D eigenvalue weighted by atomic mass is 16.7. The molecule has 0 radical (unpaired) electrons. The van der Waals surface area contributed by atoms with Crippen LogP contribution in [0.5, 0.6) is 0 Å². The third kappa shape index (κ3) is 4.72. The summed E-state index contributed by atoms with van der Waals surface area (Å²) >= 11 is 0. The number of methoxy groups -OCH3 is 1. The Labute approximate surface area is 271 Å². The molecule has 1 unspecified atom stereocenters. The molecule has 3 heterocycles. The molecular formula is C36H48O10. The van der Waals surface area contributed by atoms with Gasteiger partial charge in [0.1, 0.15) is 18.3 Å². The Morgan fingerprint density at radius 1 is 0.978 bits per heavy atom. The lowest BCUT2D eigenvalue weighted by atomic mass is 9.39. The lowest BCUT2D eigenvalue weighted by Gasteiger charge is -2.66. The molecule has 46 heavy (non-hydrogen) atoms. The minimum Gasteiger partial charge on any atom is -0.472 e. The van der Waals surface area contributed by atoms with E-state index in [1.54, 1.807) is 32.6 Å². The minimum absolute atomic E-state index is 0.0321. The van der Waals surface area contributed by atoms with Gasteiger partial charge in [0.2, 0.25) is 0 Å².